The Balaban J connectivity index is 2.21. The Hall–Kier alpha value is -0.910. The van der Waals surface area contributed by atoms with E-state index in [0.29, 0.717) is 5.56 Å². The van der Waals surface area contributed by atoms with Crippen LogP contribution in [0, 0.1) is 0 Å². The lowest BCUT2D eigenvalue weighted by Gasteiger charge is -2.27. The monoisotopic (exact) mass is 315 g/mol. The lowest BCUT2D eigenvalue weighted by molar-refractivity contribution is 0.101. The number of hydrogen-bond acceptors (Lipinski definition) is 3. The van der Waals surface area contributed by atoms with Crippen molar-refractivity contribution in [1.82, 2.24) is 4.72 Å². The fraction of sp³-hybridized carbons (Fsp3) is 0.500. The molecule has 1 aromatic carbocycles. The third-order valence-electron chi connectivity index (χ3n) is 3.54. The molecule has 2 rings (SSSR count). The predicted octanol–water partition coefficient (Wildman–Crippen LogP) is 2.72. The van der Waals surface area contributed by atoms with Gasteiger partial charge in [0.2, 0.25) is 10.0 Å². The van der Waals surface area contributed by atoms with Gasteiger partial charge in [0, 0.05) is 17.0 Å². The van der Waals surface area contributed by atoms with Gasteiger partial charge in [-0.05, 0) is 31.9 Å². The minimum absolute atomic E-state index is 0.111. The third kappa shape index (κ3) is 3.59. The zero-order valence-electron chi connectivity index (χ0n) is 11.3. The zero-order valence-corrected chi connectivity index (χ0v) is 12.9. The molecule has 4 nitrogen and oxygen atoms in total. The van der Waals surface area contributed by atoms with Crippen LogP contribution in [-0.4, -0.2) is 25.6 Å². The molecule has 1 fully saturated rings. The molecule has 0 aromatic heterocycles. The highest BCUT2D eigenvalue weighted by atomic mass is 35.5. The molecule has 2 atom stereocenters. The number of carbonyl (C=O) groups excluding carboxylic acids is 1. The molecule has 0 spiro atoms. The van der Waals surface area contributed by atoms with Crippen LogP contribution in [-0.2, 0) is 10.0 Å². The quantitative estimate of drug-likeness (QED) is 0.686. The molecule has 20 heavy (non-hydrogen) atoms. The minimum Gasteiger partial charge on any atom is -0.295 e. The first-order valence-corrected chi connectivity index (χ1v) is 8.59. The minimum atomic E-state index is -3.64. The van der Waals surface area contributed by atoms with Crippen LogP contribution in [0.2, 0.25) is 0 Å². The summed E-state index contributed by atoms with van der Waals surface area (Å²) in [6.45, 7) is 1.41. The fourth-order valence-corrected chi connectivity index (χ4v) is 4.14. The molecular weight excluding hydrogens is 298 g/mol. The summed E-state index contributed by atoms with van der Waals surface area (Å²) in [5.41, 5.74) is 0.388. The lowest BCUT2D eigenvalue weighted by Crippen LogP contribution is -2.42. The van der Waals surface area contributed by atoms with Crippen LogP contribution < -0.4 is 4.72 Å². The fourth-order valence-electron chi connectivity index (χ4n) is 2.37. The third-order valence-corrected chi connectivity index (χ3v) is 5.55. The second-order valence-electron chi connectivity index (χ2n) is 5.11. The predicted molar refractivity (Wildman–Crippen MR) is 78.7 cm³/mol. The Morgan fingerprint density at radius 3 is 2.65 bits per heavy atom. The summed E-state index contributed by atoms with van der Waals surface area (Å²) in [5.74, 6) is -0.157. The molecule has 2 unspecified atom stereocenters. The standard InChI is InChI=1S/C14H18ClNO3S/c1-10(17)11-5-4-6-12(9-11)20(18,19)16-14-8-3-2-7-13(14)15/h4-6,9,13-14,16H,2-3,7-8H2,1H3. The molecule has 0 aliphatic heterocycles. The molecule has 0 bridgehead atoms. The van der Waals surface area contributed by atoms with Gasteiger partial charge in [-0.1, -0.05) is 25.0 Å². The number of alkyl halides is 1. The number of halogens is 1. The number of nitrogens with one attached hydrogen (secondary N) is 1. The number of hydrogen-bond donors (Lipinski definition) is 1. The van der Waals surface area contributed by atoms with Gasteiger partial charge in [0.05, 0.1) is 4.90 Å². The second kappa shape index (κ2) is 6.24. The van der Waals surface area contributed by atoms with Gasteiger partial charge in [-0.2, -0.15) is 0 Å². The first-order chi connectivity index (χ1) is 9.40. The highest BCUT2D eigenvalue weighted by molar-refractivity contribution is 7.89. The Kier molecular flexibility index (Phi) is 4.83. The van der Waals surface area contributed by atoms with E-state index < -0.39 is 10.0 Å². The maximum Gasteiger partial charge on any atom is 0.240 e. The topological polar surface area (TPSA) is 63.2 Å². The SMILES string of the molecule is CC(=O)c1cccc(S(=O)(=O)NC2CCCCC2Cl)c1. The van der Waals surface area contributed by atoms with Crippen molar-refractivity contribution < 1.29 is 13.2 Å². The van der Waals surface area contributed by atoms with E-state index in [2.05, 4.69) is 4.72 Å². The van der Waals surface area contributed by atoms with Gasteiger partial charge < -0.3 is 0 Å². The Morgan fingerprint density at radius 1 is 1.30 bits per heavy atom. The normalized spacial score (nSPS) is 23.5. The molecule has 6 heteroatoms. The van der Waals surface area contributed by atoms with Crippen LogP contribution in [0.3, 0.4) is 0 Å². The van der Waals surface area contributed by atoms with Gasteiger partial charge in [0.1, 0.15) is 0 Å². The van der Waals surface area contributed by atoms with E-state index in [-0.39, 0.29) is 22.1 Å². The maximum absolute atomic E-state index is 12.3. The largest absolute Gasteiger partial charge is 0.295 e. The average Bonchev–Trinajstić information content (AvgIpc) is 2.41. The molecule has 1 aliphatic carbocycles. The van der Waals surface area contributed by atoms with E-state index in [1.165, 1.54) is 19.1 Å². The van der Waals surface area contributed by atoms with Crippen molar-refractivity contribution >= 4 is 27.4 Å². The summed E-state index contributed by atoms with van der Waals surface area (Å²) in [7, 11) is -3.64. The molecule has 110 valence electrons. The molecular formula is C14H18ClNO3S. The van der Waals surface area contributed by atoms with Crippen molar-refractivity contribution in [1.29, 1.82) is 0 Å². The van der Waals surface area contributed by atoms with Crippen molar-refractivity contribution in [3.63, 3.8) is 0 Å². The highest BCUT2D eigenvalue weighted by Gasteiger charge is 2.28. The Bertz CT molecular complexity index is 600. The van der Waals surface area contributed by atoms with Crippen molar-refractivity contribution in [2.24, 2.45) is 0 Å². The lowest BCUT2D eigenvalue weighted by atomic mass is 9.96. The smallest absolute Gasteiger partial charge is 0.240 e. The molecule has 1 saturated carbocycles. The molecule has 1 aromatic rings. The summed E-state index contributed by atoms with van der Waals surface area (Å²) in [4.78, 5) is 11.4. The summed E-state index contributed by atoms with van der Waals surface area (Å²) in [6.07, 6.45) is 3.58. The first-order valence-electron chi connectivity index (χ1n) is 6.67. The molecule has 0 radical (unpaired) electrons. The summed E-state index contributed by atoms with van der Waals surface area (Å²) >= 11 is 6.18. The summed E-state index contributed by atoms with van der Waals surface area (Å²) in [6, 6.07) is 5.82. The Morgan fingerprint density at radius 2 is 2.00 bits per heavy atom. The van der Waals surface area contributed by atoms with E-state index in [1.54, 1.807) is 12.1 Å². The summed E-state index contributed by atoms with van der Waals surface area (Å²) in [5, 5.41) is -0.172. The molecule has 0 amide bonds. The van der Waals surface area contributed by atoms with E-state index in [1.807, 2.05) is 0 Å². The van der Waals surface area contributed by atoms with Crippen LogP contribution in [0.4, 0.5) is 0 Å². The number of Topliss-reactive ketones (excluding diaryl/α,β-unsaturated/α-hetero) is 1. The molecule has 1 N–H and O–H groups in total. The van der Waals surface area contributed by atoms with Gasteiger partial charge >= 0.3 is 0 Å². The van der Waals surface area contributed by atoms with Gasteiger partial charge in [0.25, 0.3) is 0 Å². The Labute approximate surface area is 124 Å². The van der Waals surface area contributed by atoms with E-state index in [9.17, 15) is 13.2 Å². The molecule has 0 heterocycles. The number of ketones is 1. The van der Waals surface area contributed by atoms with Gasteiger partial charge in [-0.15, -0.1) is 11.6 Å². The van der Waals surface area contributed by atoms with Crippen molar-refractivity contribution in [3.8, 4) is 0 Å². The molecule has 1 aliphatic rings. The number of benzene rings is 1. The van der Waals surface area contributed by atoms with E-state index in [4.69, 9.17) is 11.6 Å². The van der Waals surface area contributed by atoms with Crippen LogP contribution in [0.1, 0.15) is 43.0 Å². The number of rotatable bonds is 4. The highest BCUT2D eigenvalue weighted by Crippen LogP contribution is 2.24. The van der Waals surface area contributed by atoms with Crippen molar-refractivity contribution in [2.75, 3.05) is 0 Å². The van der Waals surface area contributed by atoms with Gasteiger partial charge in [-0.25, -0.2) is 13.1 Å². The first kappa shape index (κ1) is 15.5. The summed E-state index contributed by atoms with van der Waals surface area (Å²) < 4.78 is 27.3. The maximum atomic E-state index is 12.3. The van der Waals surface area contributed by atoms with Crippen LogP contribution in [0.25, 0.3) is 0 Å². The van der Waals surface area contributed by atoms with Crippen molar-refractivity contribution in [2.45, 2.75) is 48.9 Å². The van der Waals surface area contributed by atoms with Gasteiger partial charge in [0.15, 0.2) is 5.78 Å². The van der Waals surface area contributed by atoms with E-state index >= 15 is 0 Å². The van der Waals surface area contributed by atoms with Crippen LogP contribution in [0.5, 0.6) is 0 Å². The van der Waals surface area contributed by atoms with Crippen LogP contribution in [0.15, 0.2) is 29.2 Å². The van der Waals surface area contributed by atoms with E-state index in [0.717, 1.165) is 25.7 Å². The number of carbonyl (C=O) groups is 1. The second-order valence-corrected chi connectivity index (χ2v) is 7.39. The zero-order chi connectivity index (χ0) is 14.8. The van der Waals surface area contributed by atoms with Crippen molar-refractivity contribution in [3.05, 3.63) is 29.8 Å². The average molecular weight is 316 g/mol. The molecule has 0 saturated heterocycles. The van der Waals surface area contributed by atoms with Crippen LogP contribution >= 0.6 is 11.6 Å². The van der Waals surface area contributed by atoms with Gasteiger partial charge in [-0.3, -0.25) is 4.79 Å². The number of sulfonamides is 1.